The fourth-order valence-corrected chi connectivity index (χ4v) is 2.87. The topological polar surface area (TPSA) is 62.5 Å². The first kappa shape index (κ1) is 14.6. The molecular formula is C15H22N2O3. The van der Waals surface area contributed by atoms with Gasteiger partial charge in [-0.3, -0.25) is 4.79 Å². The molecule has 5 heteroatoms. The number of carbonyl (C=O) groups is 2. The lowest BCUT2D eigenvalue weighted by Crippen LogP contribution is -2.40. The molecule has 0 aromatic carbocycles. The molecule has 1 N–H and O–H groups in total. The minimum atomic E-state index is -0.996. The number of rotatable bonds is 5. The summed E-state index contributed by atoms with van der Waals surface area (Å²) in [5, 5.41) is 9.03. The number of carbonyl (C=O) groups excluding carboxylic acids is 1. The van der Waals surface area contributed by atoms with Crippen molar-refractivity contribution in [2.45, 2.75) is 39.2 Å². The standard InChI is InChI=1S/C15H22N2O3/c1-2-4-12-6-9-16(10-7-12)14(18)11-17-8-3-5-13(17)15(19)20/h3,5,8,12H,2,4,6-7,9-11H2,1H3,(H,19,20). The van der Waals surface area contributed by atoms with E-state index < -0.39 is 5.97 Å². The first-order chi connectivity index (χ1) is 9.61. The maximum absolute atomic E-state index is 12.2. The Hall–Kier alpha value is -1.78. The van der Waals surface area contributed by atoms with Gasteiger partial charge in [0.15, 0.2) is 0 Å². The summed E-state index contributed by atoms with van der Waals surface area (Å²) in [6.45, 7) is 3.91. The van der Waals surface area contributed by atoms with Gasteiger partial charge in [0, 0.05) is 19.3 Å². The summed E-state index contributed by atoms with van der Waals surface area (Å²) in [6.07, 6.45) is 6.21. The first-order valence-electron chi connectivity index (χ1n) is 7.28. The maximum atomic E-state index is 12.2. The predicted molar refractivity (Wildman–Crippen MR) is 75.6 cm³/mol. The number of piperidine rings is 1. The van der Waals surface area contributed by atoms with Gasteiger partial charge in [-0.1, -0.05) is 19.8 Å². The highest BCUT2D eigenvalue weighted by atomic mass is 16.4. The molecule has 1 aliphatic rings. The van der Waals surface area contributed by atoms with E-state index in [1.807, 2.05) is 4.90 Å². The Bertz CT molecular complexity index is 473. The number of hydrogen-bond donors (Lipinski definition) is 1. The van der Waals surface area contributed by atoms with Crippen molar-refractivity contribution in [3.8, 4) is 0 Å². The molecule has 1 amide bonds. The third-order valence-electron chi connectivity index (χ3n) is 4.02. The number of nitrogens with zero attached hydrogens (tertiary/aromatic N) is 2. The summed E-state index contributed by atoms with van der Waals surface area (Å²) in [7, 11) is 0. The van der Waals surface area contributed by atoms with Gasteiger partial charge in [-0.25, -0.2) is 4.79 Å². The normalized spacial score (nSPS) is 16.4. The number of amides is 1. The number of carboxylic acid groups (broad SMARTS) is 1. The largest absolute Gasteiger partial charge is 0.477 e. The van der Waals surface area contributed by atoms with Crippen molar-refractivity contribution in [2.75, 3.05) is 13.1 Å². The molecular weight excluding hydrogens is 256 g/mol. The second kappa shape index (κ2) is 6.59. The van der Waals surface area contributed by atoms with Crippen LogP contribution in [0.25, 0.3) is 0 Å². The Morgan fingerprint density at radius 2 is 2.05 bits per heavy atom. The molecule has 2 rings (SSSR count). The van der Waals surface area contributed by atoms with E-state index >= 15 is 0 Å². The number of carboxylic acids is 1. The molecule has 110 valence electrons. The lowest BCUT2D eigenvalue weighted by atomic mass is 9.92. The molecule has 0 unspecified atom stereocenters. The summed E-state index contributed by atoms with van der Waals surface area (Å²) in [5.41, 5.74) is 0.166. The van der Waals surface area contributed by atoms with Crippen LogP contribution in [0.3, 0.4) is 0 Å². The molecule has 1 fully saturated rings. The van der Waals surface area contributed by atoms with Crippen molar-refractivity contribution < 1.29 is 14.7 Å². The van der Waals surface area contributed by atoms with E-state index in [1.54, 1.807) is 12.3 Å². The van der Waals surface area contributed by atoms with Gasteiger partial charge in [-0.15, -0.1) is 0 Å². The summed E-state index contributed by atoms with van der Waals surface area (Å²) in [5.74, 6) is -0.242. The van der Waals surface area contributed by atoms with Gasteiger partial charge in [0.1, 0.15) is 12.2 Å². The molecule has 20 heavy (non-hydrogen) atoms. The summed E-state index contributed by atoms with van der Waals surface area (Å²) in [6, 6.07) is 3.17. The minimum Gasteiger partial charge on any atom is -0.477 e. The van der Waals surface area contributed by atoms with E-state index in [0.29, 0.717) is 0 Å². The van der Waals surface area contributed by atoms with Crippen LogP contribution in [0.5, 0.6) is 0 Å². The van der Waals surface area contributed by atoms with Crippen LogP contribution >= 0.6 is 0 Å². The zero-order valence-electron chi connectivity index (χ0n) is 11.9. The average Bonchev–Trinajstić information content (AvgIpc) is 2.88. The molecule has 0 spiro atoms. The van der Waals surface area contributed by atoms with Gasteiger partial charge < -0.3 is 14.6 Å². The lowest BCUT2D eigenvalue weighted by Gasteiger charge is -2.32. The van der Waals surface area contributed by atoms with Crippen LogP contribution in [-0.4, -0.2) is 39.5 Å². The highest BCUT2D eigenvalue weighted by Gasteiger charge is 2.23. The van der Waals surface area contributed by atoms with E-state index in [0.717, 1.165) is 31.8 Å². The van der Waals surface area contributed by atoms with Gasteiger partial charge >= 0.3 is 5.97 Å². The number of likely N-dealkylation sites (tertiary alicyclic amines) is 1. The van der Waals surface area contributed by atoms with E-state index in [1.165, 1.54) is 23.5 Å². The Kier molecular flexibility index (Phi) is 4.82. The van der Waals surface area contributed by atoms with Crippen LogP contribution in [0, 0.1) is 5.92 Å². The fourth-order valence-electron chi connectivity index (χ4n) is 2.87. The Morgan fingerprint density at radius 3 is 2.65 bits per heavy atom. The average molecular weight is 278 g/mol. The van der Waals surface area contributed by atoms with Crippen LogP contribution in [0.4, 0.5) is 0 Å². The van der Waals surface area contributed by atoms with Gasteiger partial charge in [-0.05, 0) is 30.9 Å². The van der Waals surface area contributed by atoms with Crippen molar-refractivity contribution in [1.29, 1.82) is 0 Å². The van der Waals surface area contributed by atoms with Gasteiger partial charge in [-0.2, -0.15) is 0 Å². The molecule has 2 heterocycles. The molecule has 0 atom stereocenters. The van der Waals surface area contributed by atoms with Gasteiger partial charge in [0.05, 0.1) is 0 Å². The van der Waals surface area contributed by atoms with Crippen LogP contribution in [0.2, 0.25) is 0 Å². The van der Waals surface area contributed by atoms with Crippen molar-refractivity contribution in [1.82, 2.24) is 9.47 Å². The molecule has 1 aromatic rings. The molecule has 0 radical (unpaired) electrons. The van der Waals surface area contributed by atoms with Crippen molar-refractivity contribution in [3.63, 3.8) is 0 Å². The van der Waals surface area contributed by atoms with E-state index in [9.17, 15) is 9.59 Å². The Morgan fingerprint density at radius 1 is 1.35 bits per heavy atom. The molecule has 0 aliphatic carbocycles. The highest BCUT2D eigenvalue weighted by Crippen LogP contribution is 2.21. The highest BCUT2D eigenvalue weighted by molar-refractivity contribution is 5.86. The smallest absolute Gasteiger partial charge is 0.352 e. The Labute approximate surface area is 119 Å². The molecule has 1 saturated heterocycles. The SMILES string of the molecule is CCCC1CCN(C(=O)Cn2cccc2C(=O)O)CC1. The predicted octanol–water partition coefficient (Wildman–Crippen LogP) is 2.23. The van der Waals surface area contributed by atoms with E-state index in [2.05, 4.69) is 6.92 Å². The van der Waals surface area contributed by atoms with E-state index in [4.69, 9.17) is 5.11 Å². The second-order valence-electron chi connectivity index (χ2n) is 5.44. The summed E-state index contributed by atoms with van der Waals surface area (Å²) in [4.78, 5) is 25.1. The first-order valence-corrected chi connectivity index (χ1v) is 7.28. The van der Waals surface area contributed by atoms with Crippen molar-refractivity contribution in [2.24, 2.45) is 5.92 Å². The quantitative estimate of drug-likeness (QED) is 0.898. The van der Waals surface area contributed by atoms with Crippen molar-refractivity contribution >= 4 is 11.9 Å². The van der Waals surface area contributed by atoms with Crippen LogP contribution in [0.15, 0.2) is 18.3 Å². The van der Waals surface area contributed by atoms with E-state index in [-0.39, 0.29) is 18.1 Å². The molecule has 0 saturated carbocycles. The summed E-state index contributed by atoms with van der Waals surface area (Å²) < 4.78 is 1.50. The number of hydrogen-bond acceptors (Lipinski definition) is 2. The van der Waals surface area contributed by atoms with Crippen molar-refractivity contribution in [3.05, 3.63) is 24.0 Å². The number of aromatic carboxylic acids is 1. The molecule has 0 bridgehead atoms. The minimum absolute atomic E-state index is 0.0126. The van der Waals surface area contributed by atoms with Gasteiger partial charge in [0.25, 0.3) is 0 Å². The van der Waals surface area contributed by atoms with Crippen LogP contribution in [0.1, 0.15) is 43.1 Å². The zero-order chi connectivity index (χ0) is 14.5. The molecule has 1 aliphatic heterocycles. The second-order valence-corrected chi connectivity index (χ2v) is 5.44. The molecule has 5 nitrogen and oxygen atoms in total. The fraction of sp³-hybridized carbons (Fsp3) is 0.600. The van der Waals surface area contributed by atoms with Crippen LogP contribution < -0.4 is 0 Å². The molecule has 1 aromatic heterocycles. The maximum Gasteiger partial charge on any atom is 0.352 e. The van der Waals surface area contributed by atoms with Gasteiger partial charge in [0.2, 0.25) is 5.91 Å². The number of aromatic nitrogens is 1. The Balaban J connectivity index is 1.90. The lowest BCUT2D eigenvalue weighted by molar-refractivity contribution is -0.133. The third kappa shape index (κ3) is 3.40. The summed E-state index contributed by atoms with van der Waals surface area (Å²) >= 11 is 0. The third-order valence-corrected chi connectivity index (χ3v) is 4.02. The van der Waals surface area contributed by atoms with Crippen LogP contribution in [-0.2, 0) is 11.3 Å². The zero-order valence-corrected chi connectivity index (χ0v) is 11.9. The monoisotopic (exact) mass is 278 g/mol.